The molecule has 0 aromatic heterocycles. The number of rotatable bonds is 0. The Morgan fingerprint density at radius 2 is 1.50 bits per heavy atom. The van der Waals surface area contributed by atoms with Gasteiger partial charge in [-0.2, -0.15) is 0 Å². The maximum atomic E-state index is 8.89. The second kappa shape index (κ2) is 23.9. The fourth-order valence-corrected chi connectivity index (χ4v) is 0. The summed E-state index contributed by atoms with van der Waals surface area (Å²) in [6.07, 6.45) is 0. The number of carboxylic acids is 1. The molecule has 0 amide bonds. The molecule has 0 rings (SSSR count). The summed E-state index contributed by atoms with van der Waals surface area (Å²) in [4.78, 5) is 8.89. The Kier molecular flexibility index (Phi) is 68.1. The van der Waals surface area contributed by atoms with Gasteiger partial charge < -0.3 is 14.6 Å². The predicted molar refractivity (Wildman–Crippen MR) is 16.5 cm³/mol. The van der Waals surface area contributed by atoms with E-state index in [2.05, 4.69) is 11.9 Å². The first kappa shape index (κ1) is 22.8. The molecule has 0 bridgehead atoms. The van der Waals surface area contributed by atoms with Crippen LogP contribution in [0.15, 0.2) is 0 Å². The average Bonchev–Trinajstić information content (AvgIpc) is 1.41. The first-order chi connectivity index (χ1) is 2.73. The van der Waals surface area contributed by atoms with Crippen LogP contribution in [0.3, 0.4) is 0 Å². The van der Waals surface area contributed by atoms with Crippen molar-refractivity contribution in [3.8, 4) is 0 Å². The minimum atomic E-state index is -1.08. The van der Waals surface area contributed by atoms with Crippen LogP contribution < -0.4 is 58.2 Å². The summed E-state index contributed by atoms with van der Waals surface area (Å²) in [5, 5.41) is 8.89. The maximum absolute atomic E-state index is 8.89. The molecule has 6 heteroatoms. The monoisotopic (exact) mass is 140 g/mol. The minimum absolute atomic E-state index is 0. The summed E-state index contributed by atoms with van der Waals surface area (Å²) >= 11 is 3.39. The Bertz CT molecular complexity index is 40.3. The third kappa shape index (κ3) is 168. The van der Waals surface area contributed by atoms with Crippen molar-refractivity contribution in [2.24, 2.45) is 0 Å². The van der Waals surface area contributed by atoms with Gasteiger partial charge in [0.15, 0.2) is 0 Å². The Morgan fingerprint density at radius 3 is 1.50 bits per heavy atom. The summed E-state index contributed by atoms with van der Waals surface area (Å²) in [5.74, 6) is -1.08. The van der Waals surface area contributed by atoms with Gasteiger partial charge in [-0.1, -0.05) is 0 Å². The van der Waals surface area contributed by atoms with Crippen molar-refractivity contribution in [1.82, 2.24) is 0 Å². The molecule has 0 N–H and O–H groups in total. The molecule has 3 nitrogen and oxygen atoms in total. The Hall–Kier alpha value is 1.32. The summed E-state index contributed by atoms with van der Waals surface area (Å²) in [6, 6.07) is 0. The number of aliphatic carboxylic acids is 1. The van der Waals surface area contributed by atoms with Gasteiger partial charge in [-0.25, -0.2) is 11.9 Å². The van der Waals surface area contributed by atoms with Crippen molar-refractivity contribution in [2.75, 3.05) is 0 Å². The zero-order valence-corrected chi connectivity index (χ0v) is 7.86. The van der Waals surface area contributed by atoms with E-state index in [0.29, 0.717) is 0 Å². The van der Waals surface area contributed by atoms with E-state index in [4.69, 9.17) is 14.6 Å². The smallest absolute Gasteiger partial charge is 0.769 e. The average molecular weight is 140 g/mol. The van der Waals surface area contributed by atoms with Crippen LogP contribution in [-0.2, 0) is 4.79 Å². The maximum Gasteiger partial charge on any atom is 1.00 e. The first-order valence-corrected chi connectivity index (χ1v) is 1.37. The molecular formula is C2H3ClLiNaO3. The summed E-state index contributed by atoms with van der Waals surface area (Å²) in [6.45, 7) is 0.972. The van der Waals surface area contributed by atoms with Crippen LogP contribution >= 0.6 is 11.9 Å². The van der Waals surface area contributed by atoms with E-state index < -0.39 is 5.97 Å². The summed E-state index contributed by atoms with van der Waals surface area (Å²) < 4.78 is 7.72. The topological polar surface area (TPSA) is 63.2 Å². The van der Waals surface area contributed by atoms with Gasteiger partial charge in [0.1, 0.15) is 0 Å². The molecule has 0 atom stereocenters. The van der Waals surface area contributed by atoms with E-state index in [1.807, 2.05) is 0 Å². The number of carboxylic acid groups (broad SMARTS) is 1. The fraction of sp³-hybridized carbons (Fsp3) is 0.500. The molecule has 0 saturated carbocycles. The fourth-order valence-electron chi connectivity index (χ4n) is 0. The normalized spacial score (nSPS) is 3.88. The van der Waals surface area contributed by atoms with E-state index >= 15 is 0 Å². The van der Waals surface area contributed by atoms with Gasteiger partial charge >= 0.3 is 48.4 Å². The largest absolute Gasteiger partial charge is 1.00 e. The molecule has 0 aromatic carbocycles. The van der Waals surface area contributed by atoms with Crippen molar-refractivity contribution < 1.29 is 63.0 Å². The summed E-state index contributed by atoms with van der Waals surface area (Å²) in [7, 11) is 0. The number of halogens is 1. The third-order valence-corrected chi connectivity index (χ3v) is 0. The second-order valence-corrected chi connectivity index (χ2v) is 0.492. The van der Waals surface area contributed by atoms with E-state index in [1.54, 1.807) is 0 Å². The molecule has 0 aliphatic rings. The van der Waals surface area contributed by atoms with E-state index in [1.165, 1.54) is 0 Å². The van der Waals surface area contributed by atoms with Crippen LogP contribution in [0.25, 0.3) is 0 Å². The molecule has 0 fully saturated rings. The molecule has 0 spiro atoms. The standard InChI is InChI=1S/C2H4O2.ClO.Li.Na/c1-2(3)4;1-2;;/h1H3,(H,3,4);;;/q;-1;2*+1/p-1. The van der Waals surface area contributed by atoms with Gasteiger partial charge in [-0.15, -0.1) is 0 Å². The van der Waals surface area contributed by atoms with Gasteiger partial charge in [0.2, 0.25) is 0 Å². The van der Waals surface area contributed by atoms with Crippen LogP contribution in [0.1, 0.15) is 6.92 Å². The predicted octanol–water partition coefficient (Wildman–Crippen LogP) is -7.74. The summed E-state index contributed by atoms with van der Waals surface area (Å²) in [5.41, 5.74) is 0. The van der Waals surface area contributed by atoms with E-state index in [0.717, 1.165) is 6.92 Å². The molecule has 8 heavy (non-hydrogen) atoms. The Morgan fingerprint density at radius 1 is 1.50 bits per heavy atom. The molecule has 0 aromatic rings. The first-order valence-electron chi connectivity index (χ1n) is 1.06. The van der Waals surface area contributed by atoms with Crippen LogP contribution in [-0.4, -0.2) is 5.97 Å². The van der Waals surface area contributed by atoms with Gasteiger partial charge in [0, 0.05) is 5.97 Å². The van der Waals surface area contributed by atoms with Crippen molar-refractivity contribution in [1.29, 1.82) is 0 Å². The molecule has 0 heterocycles. The SMILES string of the molecule is CC(=O)[O-].[Li+].[Na+].[O-]Cl. The van der Waals surface area contributed by atoms with Gasteiger partial charge in [-0.05, 0) is 6.92 Å². The van der Waals surface area contributed by atoms with E-state index in [9.17, 15) is 0 Å². The molecule has 0 aliphatic heterocycles. The van der Waals surface area contributed by atoms with Crippen LogP contribution in [0, 0.1) is 0 Å². The van der Waals surface area contributed by atoms with Gasteiger partial charge in [0.05, 0.1) is 0 Å². The van der Waals surface area contributed by atoms with Crippen molar-refractivity contribution >= 4 is 17.8 Å². The van der Waals surface area contributed by atoms with Crippen molar-refractivity contribution in [3.63, 3.8) is 0 Å². The molecule has 0 aliphatic carbocycles. The zero-order chi connectivity index (χ0) is 5.58. The molecular weight excluding hydrogens is 137 g/mol. The molecule has 38 valence electrons. The Labute approximate surface area is 87.0 Å². The number of hydrogen-bond acceptors (Lipinski definition) is 3. The van der Waals surface area contributed by atoms with Crippen molar-refractivity contribution in [2.45, 2.75) is 6.92 Å². The molecule has 0 radical (unpaired) electrons. The zero-order valence-electron chi connectivity index (χ0n) is 5.10. The van der Waals surface area contributed by atoms with E-state index in [-0.39, 0.29) is 48.4 Å². The van der Waals surface area contributed by atoms with Crippen molar-refractivity contribution in [3.05, 3.63) is 0 Å². The number of carbonyl (C=O) groups excluding carboxylic acids is 1. The van der Waals surface area contributed by atoms with Crippen LogP contribution in [0.4, 0.5) is 0 Å². The van der Waals surface area contributed by atoms with Crippen LogP contribution in [0.5, 0.6) is 0 Å². The number of carbonyl (C=O) groups is 1. The number of hydrogen-bond donors (Lipinski definition) is 0. The second-order valence-electron chi connectivity index (χ2n) is 0.492. The van der Waals surface area contributed by atoms with Gasteiger partial charge in [-0.3, -0.25) is 0 Å². The third-order valence-electron chi connectivity index (χ3n) is 0. The quantitative estimate of drug-likeness (QED) is 0.314. The Balaban J connectivity index is -0.0000000183. The molecule has 0 saturated heterocycles. The molecule has 0 unspecified atom stereocenters. The van der Waals surface area contributed by atoms with Gasteiger partial charge in [0.25, 0.3) is 0 Å². The van der Waals surface area contributed by atoms with Crippen LogP contribution in [0.2, 0.25) is 0 Å². The minimum Gasteiger partial charge on any atom is -0.769 e.